The van der Waals surface area contributed by atoms with Gasteiger partial charge in [0.1, 0.15) is 11.5 Å². The molecule has 1 saturated heterocycles. The number of carbonyl (C=O) groups is 2. The van der Waals surface area contributed by atoms with Gasteiger partial charge in [0.15, 0.2) is 11.9 Å². The Bertz CT molecular complexity index is 528. The fourth-order valence-corrected chi connectivity index (χ4v) is 2.12. The number of likely N-dealkylation sites (N-methyl/N-ethyl adjacent to an activating group) is 1. The average molecular weight is 279 g/mol. The molecular formula is C14H17NO5. The molecule has 20 heavy (non-hydrogen) atoms. The molecule has 0 aliphatic carbocycles. The van der Waals surface area contributed by atoms with Crippen molar-refractivity contribution in [2.75, 3.05) is 27.2 Å². The van der Waals surface area contributed by atoms with Crippen molar-refractivity contribution in [3.05, 3.63) is 23.8 Å². The average Bonchev–Trinajstić information content (AvgIpc) is 2.40. The fraction of sp³-hybridized carbons (Fsp3) is 0.429. The van der Waals surface area contributed by atoms with Crippen LogP contribution in [0.5, 0.6) is 11.5 Å². The van der Waals surface area contributed by atoms with E-state index < -0.39 is 12.1 Å². The van der Waals surface area contributed by atoms with Crippen molar-refractivity contribution in [1.29, 1.82) is 0 Å². The van der Waals surface area contributed by atoms with Crippen LogP contribution >= 0.6 is 0 Å². The van der Waals surface area contributed by atoms with Gasteiger partial charge in [-0.3, -0.25) is 9.69 Å². The molecule has 1 unspecified atom stereocenters. The number of piperidine rings is 1. The highest BCUT2D eigenvalue weighted by Crippen LogP contribution is 2.24. The summed E-state index contributed by atoms with van der Waals surface area (Å²) in [5, 5.41) is 9.59. The molecule has 1 N–H and O–H groups in total. The van der Waals surface area contributed by atoms with Crippen LogP contribution in [0.3, 0.4) is 0 Å². The second-order valence-electron chi connectivity index (χ2n) is 4.81. The maximum Gasteiger partial charge on any atom is 0.338 e. The fourth-order valence-electron chi connectivity index (χ4n) is 2.12. The number of ether oxygens (including phenoxy) is 2. The summed E-state index contributed by atoms with van der Waals surface area (Å²) in [5.74, 6) is -0.404. The molecule has 0 radical (unpaired) electrons. The number of benzene rings is 1. The molecule has 0 aromatic heterocycles. The standard InChI is InChI=1S/C14H17NO5/c1-15-4-3-13(12(17)8-15)20-11-6-9(14(18)19-2)5-10(16)7-11/h5-7,13,16H,3-4,8H2,1-2H3. The van der Waals surface area contributed by atoms with Gasteiger partial charge in [-0.15, -0.1) is 0 Å². The summed E-state index contributed by atoms with van der Waals surface area (Å²) in [6.45, 7) is 1.10. The molecule has 1 fully saturated rings. The number of likely N-dealkylation sites (tertiary alicyclic amines) is 1. The number of nitrogens with zero attached hydrogens (tertiary/aromatic N) is 1. The van der Waals surface area contributed by atoms with Gasteiger partial charge in [0.05, 0.1) is 19.2 Å². The molecule has 1 heterocycles. The molecule has 0 amide bonds. The highest BCUT2D eigenvalue weighted by atomic mass is 16.5. The minimum atomic E-state index is -0.569. The number of phenolic OH excluding ortho intramolecular Hbond substituents is 1. The predicted octanol–water partition coefficient (Wildman–Crippen LogP) is 0.831. The van der Waals surface area contributed by atoms with Crippen molar-refractivity contribution >= 4 is 11.8 Å². The van der Waals surface area contributed by atoms with E-state index in [0.717, 1.165) is 6.54 Å². The first-order valence-corrected chi connectivity index (χ1v) is 6.30. The van der Waals surface area contributed by atoms with Gasteiger partial charge in [0, 0.05) is 19.0 Å². The molecule has 1 aromatic carbocycles. The van der Waals surface area contributed by atoms with E-state index in [4.69, 9.17) is 4.74 Å². The number of methoxy groups -OCH3 is 1. The molecule has 0 bridgehead atoms. The Morgan fingerprint density at radius 1 is 1.40 bits per heavy atom. The van der Waals surface area contributed by atoms with Crippen molar-refractivity contribution in [2.45, 2.75) is 12.5 Å². The third-order valence-electron chi connectivity index (χ3n) is 3.15. The van der Waals surface area contributed by atoms with E-state index in [9.17, 15) is 14.7 Å². The second-order valence-corrected chi connectivity index (χ2v) is 4.81. The monoisotopic (exact) mass is 279 g/mol. The van der Waals surface area contributed by atoms with Crippen LogP contribution in [0.25, 0.3) is 0 Å². The van der Waals surface area contributed by atoms with Crippen LogP contribution in [0.2, 0.25) is 0 Å². The third kappa shape index (κ3) is 3.27. The van der Waals surface area contributed by atoms with Crippen molar-refractivity contribution in [3.63, 3.8) is 0 Å². The van der Waals surface area contributed by atoms with E-state index in [1.807, 2.05) is 11.9 Å². The number of Topliss-reactive ketones (excluding diaryl/α,β-unsaturated/α-hetero) is 1. The summed E-state index contributed by atoms with van der Waals surface area (Å²) in [4.78, 5) is 25.2. The lowest BCUT2D eigenvalue weighted by atomic mass is 10.1. The zero-order valence-electron chi connectivity index (χ0n) is 11.5. The summed E-state index contributed by atoms with van der Waals surface area (Å²) < 4.78 is 10.2. The Kier molecular flexibility index (Phi) is 4.24. The minimum absolute atomic E-state index is 0.0123. The van der Waals surface area contributed by atoms with E-state index >= 15 is 0 Å². The van der Waals surface area contributed by atoms with E-state index in [-0.39, 0.29) is 22.8 Å². The van der Waals surface area contributed by atoms with Crippen molar-refractivity contribution in [2.24, 2.45) is 0 Å². The first-order valence-electron chi connectivity index (χ1n) is 6.30. The van der Waals surface area contributed by atoms with Gasteiger partial charge < -0.3 is 14.6 Å². The normalized spacial score (nSPS) is 19.7. The van der Waals surface area contributed by atoms with Gasteiger partial charge >= 0.3 is 5.97 Å². The number of hydrogen-bond acceptors (Lipinski definition) is 6. The van der Waals surface area contributed by atoms with Crippen LogP contribution in [0, 0.1) is 0 Å². The van der Waals surface area contributed by atoms with Crippen LogP contribution in [-0.2, 0) is 9.53 Å². The molecule has 1 aliphatic rings. The van der Waals surface area contributed by atoms with Gasteiger partial charge in [-0.25, -0.2) is 4.79 Å². The summed E-state index contributed by atoms with van der Waals surface area (Å²) in [6, 6.07) is 4.12. The Labute approximate surface area is 116 Å². The molecule has 2 rings (SSSR count). The highest BCUT2D eigenvalue weighted by Gasteiger charge is 2.27. The van der Waals surface area contributed by atoms with Crippen LogP contribution in [0.1, 0.15) is 16.8 Å². The van der Waals surface area contributed by atoms with Crippen molar-refractivity contribution < 1.29 is 24.2 Å². The van der Waals surface area contributed by atoms with Gasteiger partial charge in [0.2, 0.25) is 0 Å². The van der Waals surface area contributed by atoms with Crippen molar-refractivity contribution in [1.82, 2.24) is 4.90 Å². The molecule has 108 valence electrons. The van der Waals surface area contributed by atoms with Gasteiger partial charge in [-0.2, -0.15) is 0 Å². The Morgan fingerprint density at radius 3 is 2.80 bits per heavy atom. The SMILES string of the molecule is COC(=O)c1cc(O)cc(OC2CCN(C)CC2=O)c1. The molecule has 0 saturated carbocycles. The van der Waals surface area contributed by atoms with E-state index in [0.29, 0.717) is 13.0 Å². The molecule has 1 aliphatic heterocycles. The quantitative estimate of drug-likeness (QED) is 0.826. The molecule has 1 aromatic rings. The summed E-state index contributed by atoms with van der Waals surface area (Å²) in [6.07, 6.45) is 0.0388. The smallest absolute Gasteiger partial charge is 0.338 e. The van der Waals surface area contributed by atoms with Gasteiger partial charge in [-0.05, 0) is 19.2 Å². The van der Waals surface area contributed by atoms with Crippen LogP contribution in [0.15, 0.2) is 18.2 Å². The van der Waals surface area contributed by atoms with E-state index in [2.05, 4.69) is 4.74 Å². The second kappa shape index (κ2) is 5.92. The van der Waals surface area contributed by atoms with Crippen LogP contribution < -0.4 is 4.74 Å². The largest absolute Gasteiger partial charge is 0.508 e. The summed E-state index contributed by atoms with van der Waals surface area (Å²) >= 11 is 0. The Balaban J connectivity index is 2.15. The lowest BCUT2D eigenvalue weighted by molar-refractivity contribution is -0.129. The maximum atomic E-state index is 11.8. The molecular weight excluding hydrogens is 262 g/mol. The predicted molar refractivity (Wildman–Crippen MR) is 71.0 cm³/mol. The van der Waals surface area contributed by atoms with Crippen LogP contribution in [0.4, 0.5) is 0 Å². The lowest BCUT2D eigenvalue weighted by Gasteiger charge is -2.28. The van der Waals surface area contributed by atoms with Crippen LogP contribution in [-0.4, -0.2) is 55.1 Å². The van der Waals surface area contributed by atoms with E-state index in [1.165, 1.54) is 25.3 Å². The maximum absolute atomic E-state index is 11.8. The zero-order valence-corrected chi connectivity index (χ0v) is 11.5. The lowest BCUT2D eigenvalue weighted by Crippen LogP contribution is -2.44. The minimum Gasteiger partial charge on any atom is -0.508 e. The first-order chi connectivity index (χ1) is 9.49. The topological polar surface area (TPSA) is 76.1 Å². The number of aromatic hydroxyl groups is 1. The Morgan fingerprint density at radius 2 is 2.15 bits per heavy atom. The highest BCUT2D eigenvalue weighted by molar-refractivity contribution is 5.90. The van der Waals surface area contributed by atoms with E-state index in [1.54, 1.807) is 0 Å². The molecule has 6 heteroatoms. The number of phenols is 1. The molecule has 1 atom stereocenters. The molecule has 0 spiro atoms. The third-order valence-corrected chi connectivity index (χ3v) is 3.15. The zero-order chi connectivity index (χ0) is 14.7. The van der Waals surface area contributed by atoms with Crippen molar-refractivity contribution in [3.8, 4) is 11.5 Å². The number of ketones is 1. The number of esters is 1. The number of rotatable bonds is 3. The van der Waals surface area contributed by atoms with Gasteiger partial charge in [-0.1, -0.05) is 0 Å². The number of hydrogen-bond donors (Lipinski definition) is 1. The number of carbonyl (C=O) groups excluding carboxylic acids is 2. The Hall–Kier alpha value is -2.08. The first kappa shape index (κ1) is 14.3. The van der Waals surface area contributed by atoms with Gasteiger partial charge in [0.25, 0.3) is 0 Å². The summed E-state index contributed by atoms with van der Waals surface area (Å²) in [7, 11) is 3.13. The summed E-state index contributed by atoms with van der Waals surface area (Å²) in [5.41, 5.74) is 0.183. The molecule has 6 nitrogen and oxygen atoms in total.